The summed E-state index contributed by atoms with van der Waals surface area (Å²) in [5, 5.41) is 4.96. The second-order valence-corrected chi connectivity index (χ2v) is 6.99. The van der Waals surface area contributed by atoms with Crippen LogP contribution in [0.2, 0.25) is 0 Å². The Labute approximate surface area is 139 Å². The molecule has 0 radical (unpaired) electrons. The number of amides is 1. The van der Waals surface area contributed by atoms with Crippen molar-refractivity contribution >= 4 is 44.9 Å². The molecule has 0 bridgehead atoms. The molecule has 3 aromatic rings. The molecule has 1 aromatic carbocycles. The predicted molar refractivity (Wildman–Crippen MR) is 90.6 cm³/mol. The van der Waals surface area contributed by atoms with Crippen LogP contribution in [-0.2, 0) is 4.79 Å². The van der Waals surface area contributed by atoms with Crippen molar-refractivity contribution in [3.63, 3.8) is 0 Å². The number of carbonyl (C=O) groups excluding carboxylic acids is 1. The lowest BCUT2D eigenvalue weighted by Crippen LogP contribution is -2.23. The highest BCUT2D eigenvalue weighted by Gasteiger charge is 2.17. The van der Waals surface area contributed by atoms with E-state index in [1.54, 1.807) is 18.4 Å². The van der Waals surface area contributed by atoms with Crippen molar-refractivity contribution in [3.05, 3.63) is 51.9 Å². The lowest BCUT2D eigenvalue weighted by atomic mass is 10.3. The van der Waals surface area contributed by atoms with Crippen LogP contribution in [0, 0.1) is 5.82 Å². The van der Waals surface area contributed by atoms with Gasteiger partial charge in [-0.1, -0.05) is 11.8 Å². The Kier molecular flexibility index (Phi) is 4.44. The Morgan fingerprint density at radius 1 is 1.35 bits per heavy atom. The van der Waals surface area contributed by atoms with Crippen molar-refractivity contribution in [1.82, 2.24) is 9.97 Å². The van der Waals surface area contributed by atoms with Gasteiger partial charge >= 0.3 is 0 Å². The summed E-state index contributed by atoms with van der Waals surface area (Å²) in [5.41, 5.74) is 0.295. The highest BCUT2D eigenvalue weighted by atomic mass is 32.2. The molecule has 5 nitrogen and oxygen atoms in total. The number of nitrogens with one attached hydrogen (secondary N) is 2. The minimum Gasteiger partial charge on any atom is -0.325 e. The Balaban J connectivity index is 1.71. The summed E-state index contributed by atoms with van der Waals surface area (Å²) in [5.74, 6) is -0.619. The number of carbonyl (C=O) groups is 1. The summed E-state index contributed by atoms with van der Waals surface area (Å²) in [4.78, 5) is 31.7. The lowest BCUT2D eigenvalue weighted by molar-refractivity contribution is -0.115. The third-order valence-electron chi connectivity index (χ3n) is 3.08. The van der Waals surface area contributed by atoms with Gasteiger partial charge in [-0.3, -0.25) is 9.59 Å². The monoisotopic (exact) mass is 349 g/mol. The standard InChI is InChI=1S/C15H12FN3O2S2/c1-8(12(20)17-10-4-2-9(16)3-5-10)23-15-18-13(21)11-6-7-22-14(11)19-15/h2-8H,1H3,(H,17,20)(H,18,19,21)/t8-/m0/s1. The van der Waals surface area contributed by atoms with Gasteiger partial charge in [0.15, 0.2) is 5.16 Å². The molecule has 1 atom stereocenters. The van der Waals surface area contributed by atoms with Crippen LogP contribution in [0.1, 0.15) is 6.92 Å². The molecule has 23 heavy (non-hydrogen) atoms. The molecule has 0 saturated carbocycles. The van der Waals surface area contributed by atoms with E-state index in [0.717, 1.165) is 11.8 Å². The minimum atomic E-state index is -0.472. The Hall–Kier alpha value is -2.19. The van der Waals surface area contributed by atoms with E-state index in [1.165, 1.54) is 35.6 Å². The molecule has 2 aromatic heterocycles. The van der Waals surface area contributed by atoms with Gasteiger partial charge in [-0.05, 0) is 42.6 Å². The molecule has 0 aliphatic heterocycles. The SMILES string of the molecule is C[C@H](Sc1nc2sccc2c(=O)[nH]1)C(=O)Nc1ccc(F)cc1. The average molecular weight is 349 g/mol. The highest BCUT2D eigenvalue weighted by molar-refractivity contribution is 8.00. The maximum Gasteiger partial charge on any atom is 0.260 e. The number of hydrogen-bond acceptors (Lipinski definition) is 5. The van der Waals surface area contributed by atoms with Crippen molar-refractivity contribution in [2.24, 2.45) is 0 Å². The number of hydrogen-bond donors (Lipinski definition) is 2. The van der Waals surface area contributed by atoms with E-state index in [0.29, 0.717) is 21.1 Å². The molecule has 2 heterocycles. The van der Waals surface area contributed by atoms with Crippen LogP contribution >= 0.6 is 23.1 Å². The number of benzene rings is 1. The molecule has 1 amide bonds. The third-order valence-corrected chi connectivity index (χ3v) is 4.87. The Morgan fingerprint density at radius 2 is 2.09 bits per heavy atom. The quantitative estimate of drug-likeness (QED) is 0.560. The molecule has 3 rings (SSSR count). The molecule has 0 fully saturated rings. The van der Waals surface area contributed by atoms with E-state index in [-0.39, 0.29) is 17.3 Å². The van der Waals surface area contributed by atoms with Gasteiger partial charge in [-0.2, -0.15) is 0 Å². The zero-order chi connectivity index (χ0) is 16.4. The van der Waals surface area contributed by atoms with Crippen LogP contribution in [0.25, 0.3) is 10.2 Å². The maximum absolute atomic E-state index is 12.9. The van der Waals surface area contributed by atoms with E-state index in [1.807, 2.05) is 0 Å². The number of aromatic amines is 1. The molecular weight excluding hydrogens is 337 g/mol. The van der Waals surface area contributed by atoms with E-state index < -0.39 is 5.25 Å². The Morgan fingerprint density at radius 3 is 2.83 bits per heavy atom. The largest absolute Gasteiger partial charge is 0.325 e. The van der Waals surface area contributed by atoms with Crippen molar-refractivity contribution in [2.45, 2.75) is 17.3 Å². The van der Waals surface area contributed by atoms with E-state index in [2.05, 4.69) is 15.3 Å². The molecule has 118 valence electrons. The normalized spacial score (nSPS) is 12.3. The number of fused-ring (bicyclic) bond motifs is 1. The fraction of sp³-hybridized carbons (Fsp3) is 0.133. The Bertz CT molecular complexity index is 905. The second kappa shape index (κ2) is 6.51. The molecule has 0 saturated heterocycles. The van der Waals surface area contributed by atoms with Gasteiger partial charge in [0.05, 0.1) is 10.6 Å². The smallest absolute Gasteiger partial charge is 0.260 e. The number of aromatic nitrogens is 2. The van der Waals surface area contributed by atoms with Gasteiger partial charge in [0.1, 0.15) is 10.6 Å². The molecule has 0 aliphatic carbocycles. The first kappa shape index (κ1) is 15.7. The van der Waals surface area contributed by atoms with E-state index in [4.69, 9.17) is 0 Å². The van der Waals surface area contributed by atoms with Crippen LogP contribution in [-0.4, -0.2) is 21.1 Å². The summed E-state index contributed by atoms with van der Waals surface area (Å²) in [6.07, 6.45) is 0. The van der Waals surface area contributed by atoms with Gasteiger partial charge in [0.25, 0.3) is 5.56 Å². The molecule has 0 aliphatic rings. The average Bonchev–Trinajstić information content (AvgIpc) is 2.98. The maximum atomic E-state index is 12.9. The minimum absolute atomic E-state index is 0.218. The topological polar surface area (TPSA) is 74.8 Å². The molecule has 0 spiro atoms. The molecular formula is C15H12FN3O2S2. The number of thioether (sulfide) groups is 1. The first-order valence-electron chi connectivity index (χ1n) is 6.73. The first-order valence-corrected chi connectivity index (χ1v) is 8.49. The number of anilines is 1. The van der Waals surface area contributed by atoms with Crippen LogP contribution < -0.4 is 10.9 Å². The fourth-order valence-corrected chi connectivity index (χ4v) is 3.52. The number of thiophene rings is 1. The van der Waals surface area contributed by atoms with Crippen LogP contribution in [0.15, 0.2) is 45.7 Å². The highest BCUT2D eigenvalue weighted by Crippen LogP contribution is 2.23. The van der Waals surface area contributed by atoms with E-state index >= 15 is 0 Å². The zero-order valence-electron chi connectivity index (χ0n) is 12.0. The van der Waals surface area contributed by atoms with E-state index in [9.17, 15) is 14.0 Å². The first-order chi connectivity index (χ1) is 11.0. The third kappa shape index (κ3) is 3.59. The van der Waals surface area contributed by atoms with Gasteiger partial charge in [-0.25, -0.2) is 9.37 Å². The number of rotatable bonds is 4. The van der Waals surface area contributed by atoms with Gasteiger partial charge in [-0.15, -0.1) is 11.3 Å². The summed E-state index contributed by atoms with van der Waals surface area (Å²) >= 11 is 2.53. The fourth-order valence-electron chi connectivity index (χ4n) is 1.90. The van der Waals surface area contributed by atoms with Crippen molar-refractivity contribution in [1.29, 1.82) is 0 Å². The number of H-pyrrole nitrogens is 1. The van der Waals surface area contributed by atoms with Crippen LogP contribution in [0.4, 0.5) is 10.1 Å². The molecule has 2 N–H and O–H groups in total. The zero-order valence-corrected chi connectivity index (χ0v) is 13.6. The second-order valence-electron chi connectivity index (χ2n) is 4.77. The number of nitrogens with zero attached hydrogens (tertiary/aromatic N) is 1. The lowest BCUT2D eigenvalue weighted by Gasteiger charge is -2.11. The van der Waals surface area contributed by atoms with Crippen LogP contribution in [0.5, 0.6) is 0 Å². The summed E-state index contributed by atoms with van der Waals surface area (Å²) < 4.78 is 12.9. The summed E-state index contributed by atoms with van der Waals surface area (Å²) in [7, 11) is 0. The number of halogens is 1. The molecule has 8 heteroatoms. The van der Waals surface area contributed by atoms with Gasteiger partial charge in [0, 0.05) is 5.69 Å². The summed E-state index contributed by atoms with van der Waals surface area (Å²) in [6, 6.07) is 7.24. The van der Waals surface area contributed by atoms with Gasteiger partial charge < -0.3 is 10.3 Å². The molecule has 0 unspecified atom stereocenters. The van der Waals surface area contributed by atoms with Crippen molar-refractivity contribution in [2.75, 3.05) is 5.32 Å². The predicted octanol–water partition coefficient (Wildman–Crippen LogP) is 3.24. The van der Waals surface area contributed by atoms with Gasteiger partial charge in [0.2, 0.25) is 5.91 Å². The van der Waals surface area contributed by atoms with Crippen molar-refractivity contribution in [3.8, 4) is 0 Å². The van der Waals surface area contributed by atoms with Crippen molar-refractivity contribution < 1.29 is 9.18 Å². The summed E-state index contributed by atoms with van der Waals surface area (Å²) in [6.45, 7) is 1.71. The van der Waals surface area contributed by atoms with Crippen LogP contribution in [0.3, 0.4) is 0 Å².